The summed E-state index contributed by atoms with van der Waals surface area (Å²) < 4.78 is 29.1. The summed E-state index contributed by atoms with van der Waals surface area (Å²) in [5.41, 5.74) is -0.430. The lowest BCUT2D eigenvalue weighted by molar-refractivity contribution is 0.397. The lowest BCUT2D eigenvalue weighted by Crippen LogP contribution is -2.42. The second-order valence-electron chi connectivity index (χ2n) is 3.74. The van der Waals surface area contributed by atoms with Gasteiger partial charge in [-0.25, -0.2) is 0 Å². The maximum Gasteiger partial charge on any atom is 0.264 e. The Morgan fingerprint density at radius 2 is 2.00 bits per heavy atom. The minimum Gasteiger partial charge on any atom is -0.310 e. The standard InChI is InChI=1S/C7H16N2O4S/c1-7(2,6-9-10)8-4-3-5-14(11,12)13/h8H,3-6H2,1-2H3,(H,11,12,13). The average molecular weight is 224 g/mol. The molecule has 6 nitrogen and oxygen atoms in total. The van der Waals surface area contributed by atoms with E-state index < -0.39 is 15.7 Å². The monoisotopic (exact) mass is 224 g/mol. The summed E-state index contributed by atoms with van der Waals surface area (Å²) in [6.45, 7) is 4.13. The van der Waals surface area contributed by atoms with Crippen molar-refractivity contribution in [2.45, 2.75) is 25.8 Å². The predicted octanol–water partition coefficient (Wildman–Crippen LogP) is 0.399. The van der Waals surface area contributed by atoms with Crippen molar-refractivity contribution in [2.24, 2.45) is 5.18 Å². The number of nitrogens with zero attached hydrogens (tertiary/aromatic N) is 1. The van der Waals surface area contributed by atoms with Crippen molar-refractivity contribution in [1.29, 1.82) is 0 Å². The molecule has 0 fully saturated rings. The van der Waals surface area contributed by atoms with Crippen LogP contribution in [-0.4, -0.2) is 37.4 Å². The Morgan fingerprint density at radius 3 is 2.43 bits per heavy atom. The molecule has 0 aromatic carbocycles. The quantitative estimate of drug-likeness (QED) is 0.370. The Morgan fingerprint density at radius 1 is 1.43 bits per heavy atom. The van der Waals surface area contributed by atoms with Crippen LogP contribution >= 0.6 is 0 Å². The normalized spacial score (nSPS) is 12.8. The first-order valence-corrected chi connectivity index (χ1v) is 5.87. The van der Waals surface area contributed by atoms with Crippen LogP contribution < -0.4 is 5.32 Å². The Balaban J connectivity index is 3.69. The van der Waals surface area contributed by atoms with Gasteiger partial charge in [0.2, 0.25) is 0 Å². The molecule has 0 aliphatic carbocycles. The molecule has 0 bridgehead atoms. The maximum atomic E-state index is 10.3. The Labute approximate surface area is 83.8 Å². The van der Waals surface area contributed by atoms with Gasteiger partial charge in [0.15, 0.2) is 0 Å². The first-order valence-electron chi connectivity index (χ1n) is 4.26. The molecule has 0 aromatic rings. The van der Waals surface area contributed by atoms with Crippen molar-refractivity contribution in [3.63, 3.8) is 0 Å². The summed E-state index contributed by atoms with van der Waals surface area (Å²) in [5, 5.41) is 5.72. The van der Waals surface area contributed by atoms with Crippen molar-refractivity contribution >= 4 is 10.1 Å². The number of nitrogens with one attached hydrogen (secondary N) is 1. The van der Waals surface area contributed by atoms with Gasteiger partial charge < -0.3 is 5.32 Å². The van der Waals surface area contributed by atoms with Gasteiger partial charge in [-0.15, -0.1) is 0 Å². The van der Waals surface area contributed by atoms with Crippen LogP contribution in [0, 0.1) is 4.91 Å². The maximum absolute atomic E-state index is 10.3. The molecule has 0 aromatic heterocycles. The summed E-state index contributed by atoms with van der Waals surface area (Å²) in [6.07, 6.45) is 0.307. The molecule has 0 aliphatic rings. The van der Waals surface area contributed by atoms with Crippen molar-refractivity contribution < 1.29 is 13.0 Å². The summed E-state index contributed by atoms with van der Waals surface area (Å²) in [4.78, 5) is 9.99. The van der Waals surface area contributed by atoms with E-state index >= 15 is 0 Å². The van der Waals surface area contributed by atoms with E-state index in [9.17, 15) is 13.3 Å². The number of rotatable bonds is 7. The highest BCUT2D eigenvalue weighted by Gasteiger charge is 2.16. The van der Waals surface area contributed by atoms with Gasteiger partial charge in [0.05, 0.1) is 12.3 Å². The van der Waals surface area contributed by atoms with Crippen LogP contribution in [0.15, 0.2) is 5.18 Å². The highest BCUT2D eigenvalue weighted by Crippen LogP contribution is 2.02. The number of hydrogen-bond acceptors (Lipinski definition) is 5. The van der Waals surface area contributed by atoms with E-state index in [4.69, 9.17) is 4.55 Å². The third kappa shape index (κ3) is 8.09. The van der Waals surface area contributed by atoms with E-state index in [2.05, 4.69) is 10.5 Å². The van der Waals surface area contributed by atoms with Gasteiger partial charge >= 0.3 is 0 Å². The molecular formula is C7H16N2O4S. The fourth-order valence-electron chi connectivity index (χ4n) is 0.899. The second kappa shape index (κ2) is 5.38. The predicted molar refractivity (Wildman–Crippen MR) is 53.8 cm³/mol. The summed E-state index contributed by atoms with van der Waals surface area (Å²) in [6, 6.07) is 0. The van der Waals surface area contributed by atoms with E-state index in [1.54, 1.807) is 13.8 Å². The zero-order valence-electron chi connectivity index (χ0n) is 8.36. The molecule has 0 aliphatic heterocycles. The molecule has 0 heterocycles. The molecule has 14 heavy (non-hydrogen) atoms. The van der Waals surface area contributed by atoms with E-state index in [0.717, 1.165) is 0 Å². The van der Waals surface area contributed by atoms with Crippen molar-refractivity contribution in [1.82, 2.24) is 5.32 Å². The van der Waals surface area contributed by atoms with E-state index in [1.165, 1.54) is 0 Å². The Hall–Kier alpha value is -0.530. The van der Waals surface area contributed by atoms with Gasteiger partial charge in [-0.1, -0.05) is 5.18 Å². The molecule has 7 heteroatoms. The summed E-state index contributed by atoms with van der Waals surface area (Å²) in [7, 11) is -3.88. The second-order valence-corrected chi connectivity index (χ2v) is 5.31. The molecule has 0 atom stereocenters. The molecule has 84 valence electrons. The molecule has 2 N–H and O–H groups in total. The molecule has 0 radical (unpaired) electrons. The van der Waals surface area contributed by atoms with E-state index in [-0.39, 0.29) is 12.3 Å². The zero-order valence-corrected chi connectivity index (χ0v) is 9.17. The topological polar surface area (TPSA) is 95.8 Å². The zero-order chi connectivity index (χ0) is 11.2. The van der Waals surface area contributed by atoms with Gasteiger partial charge in [0.25, 0.3) is 10.1 Å². The summed E-state index contributed by atoms with van der Waals surface area (Å²) >= 11 is 0. The third-order valence-electron chi connectivity index (χ3n) is 1.64. The molecule has 0 spiro atoms. The highest BCUT2D eigenvalue weighted by molar-refractivity contribution is 7.85. The van der Waals surface area contributed by atoms with Gasteiger partial charge in [-0.2, -0.15) is 13.3 Å². The van der Waals surface area contributed by atoms with Gasteiger partial charge in [-0.05, 0) is 26.8 Å². The molecule has 0 amide bonds. The highest BCUT2D eigenvalue weighted by atomic mass is 32.2. The van der Waals surface area contributed by atoms with Crippen LogP contribution in [0.5, 0.6) is 0 Å². The fraction of sp³-hybridized carbons (Fsp3) is 1.00. The average Bonchev–Trinajstić information content (AvgIpc) is 1.96. The van der Waals surface area contributed by atoms with Crippen molar-refractivity contribution in [3.05, 3.63) is 4.91 Å². The fourth-order valence-corrected chi connectivity index (χ4v) is 1.41. The Kier molecular flexibility index (Phi) is 5.17. The largest absolute Gasteiger partial charge is 0.310 e. The van der Waals surface area contributed by atoms with Gasteiger partial charge in [-0.3, -0.25) is 4.55 Å². The van der Waals surface area contributed by atoms with Crippen molar-refractivity contribution in [3.8, 4) is 0 Å². The number of hydrogen-bond donors (Lipinski definition) is 2. The van der Waals surface area contributed by atoms with Crippen LogP contribution in [-0.2, 0) is 10.1 Å². The van der Waals surface area contributed by atoms with Crippen LogP contribution in [0.2, 0.25) is 0 Å². The Bertz CT molecular complexity index is 273. The molecule has 0 unspecified atom stereocenters. The smallest absolute Gasteiger partial charge is 0.264 e. The van der Waals surface area contributed by atoms with Gasteiger partial charge in [0, 0.05) is 5.54 Å². The van der Waals surface area contributed by atoms with Crippen LogP contribution in [0.3, 0.4) is 0 Å². The molecule has 0 saturated heterocycles. The summed E-state index contributed by atoms with van der Waals surface area (Å²) in [5.74, 6) is -0.273. The van der Waals surface area contributed by atoms with Crippen LogP contribution in [0.25, 0.3) is 0 Å². The minimum absolute atomic E-state index is 0.124. The molecular weight excluding hydrogens is 208 g/mol. The minimum atomic E-state index is -3.88. The van der Waals surface area contributed by atoms with Gasteiger partial charge in [0.1, 0.15) is 0 Å². The number of nitroso groups, excluding NO2 is 1. The van der Waals surface area contributed by atoms with E-state index in [1.807, 2.05) is 0 Å². The van der Waals surface area contributed by atoms with Crippen LogP contribution in [0.4, 0.5) is 0 Å². The lowest BCUT2D eigenvalue weighted by Gasteiger charge is -2.22. The SMILES string of the molecule is CC(C)(CN=O)NCCCS(=O)(=O)O. The van der Waals surface area contributed by atoms with E-state index in [0.29, 0.717) is 13.0 Å². The molecule has 0 saturated carbocycles. The third-order valence-corrected chi connectivity index (χ3v) is 2.45. The lowest BCUT2D eigenvalue weighted by atomic mass is 10.1. The molecule has 0 rings (SSSR count). The first-order chi connectivity index (χ1) is 6.27. The first kappa shape index (κ1) is 13.5. The van der Waals surface area contributed by atoms with Crippen LogP contribution in [0.1, 0.15) is 20.3 Å². The van der Waals surface area contributed by atoms with Crippen molar-refractivity contribution in [2.75, 3.05) is 18.8 Å².